The van der Waals surface area contributed by atoms with Crippen molar-refractivity contribution < 1.29 is 19.4 Å². The normalized spacial score (nSPS) is 28.0. The number of nitrogens with zero attached hydrogens (tertiary/aromatic N) is 3. The Morgan fingerprint density at radius 2 is 1.80 bits per heavy atom. The zero-order valence-corrected chi connectivity index (χ0v) is 21.6. The molecule has 8 heteroatoms. The maximum atomic E-state index is 13.6. The number of hydrogen-bond acceptors (Lipinski definition) is 5. The molecule has 0 unspecified atom stereocenters. The van der Waals surface area contributed by atoms with E-state index >= 15 is 0 Å². The highest BCUT2D eigenvalue weighted by molar-refractivity contribution is 5.80. The molecule has 1 aromatic carbocycles. The minimum absolute atomic E-state index is 0.0351. The third-order valence-corrected chi connectivity index (χ3v) is 8.71. The first-order valence-electron chi connectivity index (χ1n) is 13.0. The summed E-state index contributed by atoms with van der Waals surface area (Å²) in [5.74, 6) is -0.0701. The standard InChI is InChI=1S/C27H42N4O4/c1-29(2)27(22-8-5-4-6-9-22)15-13-25(14-16-27)20-30(18-10-23(32)28-17-19-35-3)24(33)31(25)21-26(34)11-7-12-26/h4-6,8-9,34H,7,10-21H2,1-3H3,(H,28,32)/t25-,27-. The Morgan fingerprint density at radius 1 is 1.11 bits per heavy atom. The summed E-state index contributed by atoms with van der Waals surface area (Å²) >= 11 is 0. The highest BCUT2D eigenvalue weighted by Crippen LogP contribution is 2.50. The van der Waals surface area contributed by atoms with Gasteiger partial charge in [0.1, 0.15) is 0 Å². The molecule has 3 aliphatic rings. The second-order valence-corrected chi connectivity index (χ2v) is 11.0. The fourth-order valence-electron chi connectivity index (χ4n) is 6.25. The second kappa shape index (κ2) is 10.4. The van der Waals surface area contributed by atoms with E-state index in [1.165, 1.54) is 5.56 Å². The summed E-state index contributed by atoms with van der Waals surface area (Å²) < 4.78 is 4.99. The maximum Gasteiger partial charge on any atom is 0.320 e. The second-order valence-electron chi connectivity index (χ2n) is 11.0. The summed E-state index contributed by atoms with van der Waals surface area (Å²) in [4.78, 5) is 32.0. The quantitative estimate of drug-likeness (QED) is 0.497. The van der Waals surface area contributed by atoms with Gasteiger partial charge in [0.2, 0.25) is 5.91 Å². The van der Waals surface area contributed by atoms with E-state index in [1.807, 2.05) is 9.80 Å². The molecular weight excluding hydrogens is 444 g/mol. The number of carbonyl (C=O) groups is 2. The highest BCUT2D eigenvalue weighted by atomic mass is 16.5. The lowest BCUT2D eigenvalue weighted by Crippen LogP contribution is -2.59. The SMILES string of the molecule is COCCNC(=O)CCN1C[C@]2(CC[C@@](c3ccccc3)(N(C)C)CC2)N(CC2(O)CCC2)C1=O. The third kappa shape index (κ3) is 5.20. The number of ether oxygens (including phenoxy) is 1. The number of urea groups is 1. The Morgan fingerprint density at radius 3 is 2.37 bits per heavy atom. The number of nitrogens with one attached hydrogen (secondary N) is 1. The van der Waals surface area contributed by atoms with Gasteiger partial charge in [0.25, 0.3) is 0 Å². The van der Waals surface area contributed by atoms with Gasteiger partial charge in [-0.2, -0.15) is 0 Å². The van der Waals surface area contributed by atoms with Crippen LogP contribution >= 0.6 is 0 Å². The monoisotopic (exact) mass is 486 g/mol. The van der Waals surface area contributed by atoms with Crippen LogP contribution in [0.2, 0.25) is 0 Å². The van der Waals surface area contributed by atoms with Crippen LogP contribution in [-0.2, 0) is 15.1 Å². The predicted molar refractivity (Wildman–Crippen MR) is 135 cm³/mol. The van der Waals surface area contributed by atoms with Gasteiger partial charge < -0.3 is 25.0 Å². The Kier molecular flexibility index (Phi) is 7.74. The van der Waals surface area contributed by atoms with Crippen LogP contribution < -0.4 is 5.32 Å². The molecule has 4 rings (SSSR count). The molecule has 1 spiro atoms. The van der Waals surface area contributed by atoms with E-state index in [1.54, 1.807) is 7.11 Å². The molecule has 2 aliphatic carbocycles. The molecule has 8 nitrogen and oxygen atoms in total. The number of benzene rings is 1. The lowest BCUT2D eigenvalue weighted by atomic mass is 9.67. The van der Waals surface area contributed by atoms with Crippen LogP contribution in [0.4, 0.5) is 4.79 Å². The first-order valence-corrected chi connectivity index (χ1v) is 13.0. The van der Waals surface area contributed by atoms with Crippen molar-refractivity contribution in [1.29, 1.82) is 0 Å². The van der Waals surface area contributed by atoms with Crippen molar-refractivity contribution in [1.82, 2.24) is 20.0 Å². The summed E-state index contributed by atoms with van der Waals surface area (Å²) in [5, 5.41) is 13.8. The molecule has 0 radical (unpaired) electrons. The summed E-state index contributed by atoms with van der Waals surface area (Å²) in [7, 11) is 5.90. The van der Waals surface area contributed by atoms with E-state index in [9.17, 15) is 14.7 Å². The van der Waals surface area contributed by atoms with Gasteiger partial charge in [-0.15, -0.1) is 0 Å². The van der Waals surface area contributed by atoms with E-state index in [0.717, 1.165) is 44.9 Å². The maximum absolute atomic E-state index is 13.6. The number of amides is 3. The van der Waals surface area contributed by atoms with E-state index in [-0.39, 0.29) is 29.4 Å². The average molecular weight is 487 g/mol. The van der Waals surface area contributed by atoms with Gasteiger partial charge in [-0.3, -0.25) is 9.69 Å². The molecule has 3 fully saturated rings. The number of carbonyl (C=O) groups excluding carboxylic acids is 2. The number of methoxy groups -OCH3 is 1. The molecule has 194 valence electrons. The first kappa shape index (κ1) is 25.9. The van der Waals surface area contributed by atoms with Crippen LogP contribution in [0.5, 0.6) is 0 Å². The minimum atomic E-state index is -0.772. The van der Waals surface area contributed by atoms with Gasteiger partial charge >= 0.3 is 6.03 Å². The van der Waals surface area contributed by atoms with Crippen molar-refractivity contribution in [3.63, 3.8) is 0 Å². The summed E-state index contributed by atoms with van der Waals surface area (Å²) in [6.45, 7) is 2.34. The van der Waals surface area contributed by atoms with E-state index in [4.69, 9.17) is 4.74 Å². The fraction of sp³-hybridized carbons (Fsp3) is 0.704. The van der Waals surface area contributed by atoms with Crippen LogP contribution in [0, 0.1) is 0 Å². The summed E-state index contributed by atoms with van der Waals surface area (Å²) in [6.07, 6.45) is 6.41. The van der Waals surface area contributed by atoms with Gasteiger partial charge in [-0.05, 0) is 64.6 Å². The molecule has 0 bridgehead atoms. The third-order valence-electron chi connectivity index (χ3n) is 8.71. The lowest BCUT2D eigenvalue weighted by Gasteiger charge is -2.52. The number of β-amino-alcohol motifs (C(OH)–C–C–N with tert-alkyl or cyclic N) is 1. The lowest BCUT2D eigenvalue weighted by molar-refractivity contribution is -0.121. The van der Waals surface area contributed by atoms with Crippen molar-refractivity contribution >= 4 is 11.9 Å². The predicted octanol–water partition coefficient (Wildman–Crippen LogP) is 2.56. The van der Waals surface area contributed by atoms with Crippen molar-refractivity contribution in [3.05, 3.63) is 35.9 Å². The fourth-order valence-corrected chi connectivity index (χ4v) is 6.25. The Balaban J connectivity index is 1.50. The summed E-state index contributed by atoms with van der Waals surface area (Å²) in [5.41, 5.74) is 0.177. The van der Waals surface area contributed by atoms with Gasteiger partial charge in [0.05, 0.1) is 24.3 Å². The van der Waals surface area contributed by atoms with Crippen molar-refractivity contribution in [2.24, 2.45) is 0 Å². The largest absolute Gasteiger partial charge is 0.388 e. The smallest absolute Gasteiger partial charge is 0.320 e. The Bertz CT molecular complexity index is 878. The van der Waals surface area contributed by atoms with Gasteiger partial charge in [0, 0.05) is 38.7 Å². The molecule has 2 N–H and O–H groups in total. The van der Waals surface area contributed by atoms with Crippen LogP contribution in [-0.4, -0.2) is 96.9 Å². The first-order chi connectivity index (χ1) is 16.7. The molecule has 1 aliphatic heterocycles. The van der Waals surface area contributed by atoms with Gasteiger partial charge in [-0.1, -0.05) is 30.3 Å². The van der Waals surface area contributed by atoms with Gasteiger partial charge in [0.15, 0.2) is 0 Å². The molecule has 2 saturated carbocycles. The molecule has 1 saturated heterocycles. The Hall–Kier alpha value is -2.16. The van der Waals surface area contributed by atoms with Gasteiger partial charge in [-0.25, -0.2) is 4.79 Å². The molecule has 1 aromatic rings. The number of hydrogen-bond donors (Lipinski definition) is 2. The molecule has 35 heavy (non-hydrogen) atoms. The molecule has 1 heterocycles. The minimum Gasteiger partial charge on any atom is -0.388 e. The van der Waals surface area contributed by atoms with Crippen molar-refractivity contribution in [2.75, 3.05) is 54.0 Å². The van der Waals surface area contributed by atoms with E-state index < -0.39 is 5.60 Å². The molecule has 0 atom stereocenters. The highest BCUT2D eigenvalue weighted by Gasteiger charge is 2.56. The van der Waals surface area contributed by atoms with Crippen LogP contribution in [0.3, 0.4) is 0 Å². The van der Waals surface area contributed by atoms with Crippen molar-refractivity contribution in [3.8, 4) is 0 Å². The molecule has 0 aromatic heterocycles. The number of aliphatic hydroxyl groups is 1. The molecule has 3 amide bonds. The van der Waals surface area contributed by atoms with Crippen LogP contribution in [0.25, 0.3) is 0 Å². The van der Waals surface area contributed by atoms with E-state index in [0.29, 0.717) is 32.8 Å². The zero-order valence-electron chi connectivity index (χ0n) is 21.6. The molecular formula is C27H42N4O4. The van der Waals surface area contributed by atoms with Crippen molar-refractivity contribution in [2.45, 2.75) is 68.0 Å². The summed E-state index contributed by atoms with van der Waals surface area (Å²) in [6, 6.07) is 10.6. The Labute approximate surface area is 209 Å². The van der Waals surface area contributed by atoms with Crippen LogP contribution in [0.1, 0.15) is 56.9 Å². The van der Waals surface area contributed by atoms with Crippen LogP contribution in [0.15, 0.2) is 30.3 Å². The number of rotatable bonds is 10. The van der Waals surface area contributed by atoms with E-state index in [2.05, 4.69) is 54.6 Å². The average Bonchev–Trinajstić information content (AvgIpc) is 3.08. The zero-order chi connectivity index (χ0) is 25.1. The topological polar surface area (TPSA) is 85.3 Å².